The van der Waals surface area contributed by atoms with Gasteiger partial charge in [0.1, 0.15) is 5.75 Å². The second kappa shape index (κ2) is 9.89. The van der Waals surface area contributed by atoms with Crippen LogP contribution in [0.2, 0.25) is 0 Å². The van der Waals surface area contributed by atoms with Crippen LogP contribution in [-0.2, 0) is 21.2 Å². The number of β-amino-alcohol motifs (C(OH)–C–C–N with tert-alkyl or cyclic N) is 1. The summed E-state index contributed by atoms with van der Waals surface area (Å²) in [5.74, 6) is 0.426. The summed E-state index contributed by atoms with van der Waals surface area (Å²) in [4.78, 5) is 17.7. The van der Waals surface area contributed by atoms with Crippen LogP contribution < -0.4 is 4.74 Å². The second-order valence-electron chi connectivity index (χ2n) is 9.77. The third kappa shape index (κ3) is 4.95. The number of fused-ring (bicyclic) bond motifs is 1. The molecule has 1 amide bonds. The first-order valence-electron chi connectivity index (χ1n) is 12.3. The summed E-state index contributed by atoms with van der Waals surface area (Å²) in [6.45, 7) is 3.13. The number of benzene rings is 2. The number of nitrogens with zero attached hydrogens (tertiary/aromatic N) is 3. The Kier molecular flexibility index (Phi) is 6.85. The predicted octanol–water partition coefficient (Wildman–Crippen LogP) is 2.04. The molecular weight excluding hydrogens is 466 g/mol. The van der Waals surface area contributed by atoms with Crippen molar-refractivity contribution in [3.63, 3.8) is 0 Å². The standard InChI is InChI=1S/C26H33N3O5S/c1-27(23(19-7-3-2-4-8-19)18-28-14-11-21(30)17-28)26(31)25-16-20-15-22(9-10-24(20)34-25)35(32,33)29-12-5-6-13-29/h2-4,7-10,15,21,23,25,30H,5-6,11-14,16-18H2,1H3/t21-,23+,25-/m0/s1. The maximum absolute atomic E-state index is 13.6. The fourth-order valence-electron chi connectivity index (χ4n) is 5.33. The van der Waals surface area contributed by atoms with Crippen LogP contribution in [0.3, 0.4) is 0 Å². The van der Waals surface area contributed by atoms with Gasteiger partial charge in [-0.1, -0.05) is 30.3 Å². The molecule has 3 atom stereocenters. The molecule has 188 valence electrons. The van der Waals surface area contributed by atoms with Crippen LogP contribution in [-0.4, -0.2) is 85.5 Å². The van der Waals surface area contributed by atoms with Crippen LogP contribution in [0, 0.1) is 0 Å². The van der Waals surface area contributed by atoms with Crippen molar-refractivity contribution in [2.45, 2.75) is 48.8 Å². The molecule has 0 saturated carbocycles. The molecule has 0 spiro atoms. The highest BCUT2D eigenvalue weighted by Crippen LogP contribution is 2.34. The number of sulfonamides is 1. The Hall–Kier alpha value is -2.46. The van der Waals surface area contributed by atoms with Crippen LogP contribution in [0.25, 0.3) is 0 Å². The van der Waals surface area contributed by atoms with Gasteiger partial charge in [-0.15, -0.1) is 0 Å². The molecule has 0 unspecified atom stereocenters. The van der Waals surface area contributed by atoms with Gasteiger partial charge in [-0.25, -0.2) is 8.42 Å². The number of hydrogen-bond donors (Lipinski definition) is 1. The molecule has 0 aromatic heterocycles. The Bertz CT molecular complexity index is 1170. The molecule has 8 nitrogen and oxygen atoms in total. The number of amides is 1. The normalized spacial score (nSPS) is 23.7. The summed E-state index contributed by atoms with van der Waals surface area (Å²) in [7, 11) is -1.73. The summed E-state index contributed by atoms with van der Waals surface area (Å²) in [5, 5.41) is 9.96. The fraction of sp³-hybridized carbons (Fsp3) is 0.500. The molecule has 0 aliphatic carbocycles. The van der Waals surface area contributed by atoms with Crippen LogP contribution in [0.15, 0.2) is 53.4 Å². The number of carbonyl (C=O) groups is 1. The largest absolute Gasteiger partial charge is 0.480 e. The van der Waals surface area contributed by atoms with Crippen LogP contribution >= 0.6 is 0 Å². The minimum absolute atomic E-state index is 0.140. The molecular formula is C26H33N3O5S. The lowest BCUT2D eigenvalue weighted by atomic mass is 10.0. The second-order valence-corrected chi connectivity index (χ2v) is 11.7. The number of rotatable bonds is 7. The number of likely N-dealkylation sites (tertiary alicyclic amines) is 1. The maximum Gasteiger partial charge on any atom is 0.264 e. The van der Waals surface area contributed by atoms with Crippen LogP contribution in [0.1, 0.15) is 36.4 Å². The molecule has 35 heavy (non-hydrogen) atoms. The topological polar surface area (TPSA) is 90.4 Å². The number of likely N-dealkylation sites (N-methyl/N-ethyl adjacent to an activating group) is 1. The van der Waals surface area contributed by atoms with Crippen LogP contribution in [0.4, 0.5) is 0 Å². The number of aliphatic hydroxyl groups is 1. The summed E-state index contributed by atoms with van der Waals surface area (Å²) >= 11 is 0. The van der Waals surface area contributed by atoms with Crippen molar-refractivity contribution in [1.29, 1.82) is 0 Å². The van der Waals surface area contributed by atoms with Crippen LogP contribution in [0.5, 0.6) is 5.75 Å². The van der Waals surface area contributed by atoms with Crippen molar-refractivity contribution < 1.29 is 23.1 Å². The molecule has 3 aliphatic heterocycles. The van der Waals surface area contributed by atoms with Gasteiger partial charge in [0.15, 0.2) is 6.10 Å². The Balaban J connectivity index is 1.32. The van der Waals surface area contributed by atoms with E-state index in [1.807, 2.05) is 30.3 Å². The summed E-state index contributed by atoms with van der Waals surface area (Å²) in [6, 6.07) is 14.6. The van der Waals surface area contributed by atoms with E-state index in [0.717, 1.165) is 36.9 Å². The van der Waals surface area contributed by atoms with Crippen molar-refractivity contribution in [1.82, 2.24) is 14.1 Å². The molecule has 1 N–H and O–H groups in total. The van der Waals surface area contributed by atoms with Gasteiger partial charge < -0.3 is 14.7 Å². The van der Waals surface area contributed by atoms with E-state index in [1.165, 1.54) is 4.31 Å². The maximum atomic E-state index is 13.6. The van der Waals surface area contributed by atoms with Crippen molar-refractivity contribution in [3.8, 4) is 5.75 Å². The summed E-state index contributed by atoms with van der Waals surface area (Å²) < 4.78 is 33.5. The zero-order chi connectivity index (χ0) is 24.6. The molecule has 3 heterocycles. The molecule has 2 fully saturated rings. The zero-order valence-corrected chi connectivity index (χ0v) is 20.9. The molecule has 0 radical (unpaired) electrons. The first-order valence-corrected chi connectivity index (χ1v) is 13.8. The Morgan fingerprint density at radius 2 is 1.89 bits per heavy atom. The lowest BCUT2D eigenvalue weighted by molar-refractivity contribution is -0.139. The van der Waals surface area contributed by atoms with E-state index >= 15 is 0 Å². The van der Waals surface area contributed by atoms with E-state index in [0.29, 0.717) is 38.3 Å². The highest BCUT2D eigenvalue weighted by molar-refractivity contribution is 7.89. The van der Waals surface area contributed by atoms with E-state index < -0.39 is 16.1 Å². The average Bonchev–Trinajstić information content (AvgIpc) is 3.63. The van der Waals surface area contributed by atoms with Gasteiger partial charge in [0.2, 0.25) is 10.0 Å². The molecule has 2 saturated heterocycles. The van der Waals surface area contributed by atoms with E-state index in [2.05, 4.69) is 4.90 Å². The average molecular weight is 500 g/mol. The Morgan fingerprint density at radius 1 is 1.14 bits per heavy atom. The molecule has 0 bridgehead atoms. The van der Waals surface area contributed by atoms with Crippen molar-refractivity contribution in [3.05, 3.63) is 59.7 Å². The number of ether oxygens (including phenoxy) is 1. The smallest absolute Gasteiger partial charge is 0.264 e. The van der Waals surface area contributed by atoms with E-state index in [1.54, 1.807) is 30.1 Å². The minimum Gasteiger partial charge on any atom is -0.480 e. The molecule has 2 aromatic carbocycles. The third-order valence-electron chi connectivity index (χ3n) is 7.36. The zero-order valence-electron chi connectivity index (χ0n) is 20.0. The predicted molar refractivity (Wildman–Crippen MR) is 132 cm³/mol. The highest BCUT2D eigenvalue weighted by Gasteiger charge is 2.37. The van der Waals surface area contributed by atoms with Gasteiger partial charge in [-0.3, -0.25) is 9.69 Å². The highest BCUT2D eigenvalue weighted by atomic mass is 32.2. The fourth-order valence-corrected chi connectivity index (χ4v) is 6.90. The number of hydrogen-bond acceptors (Lipinski definition) is 6. The molecule has 3 aliphatic rings. The van der Waals surface area contributed by atoms with E-state index in [-0.39, 0.29) is 22.9 Å². The van der Waals surface area contributed by atoms with Gasteiger partial charge in [-0.05, 0) is 48.6 Å². The van der Waals surface area contributed by atoms with Gasteiger partial charge in [-0.2, -0.15) is 4.31 Å². The van der Waals surface area contributed by atoms with Crippen molar-refractivity contribution in [2.75, 3.05) is 39.8 Å². The van der Waals surface area contributed by atoms with Crippen molar-refractivity contribution >= 4 is 15.9 Å². The first-order chi connectivity index (χ1) is 16.8. The van der Waals surface area contributed by atoms with E-state index in [9.17, 15) is 18.3 Å². The summed E-state index contributed by atoms with van der Waals surface area (Å²) in [5.41, 5.74) is 1.77. The van der Waals surface area contributed by atoms with Gasteiger partial charge in [0, 0.05) is 46.2 Å². The lowest BCUT2D eigenvalue weighted by Crippen LogP contribution is -2.44. The minimum atomic E-state index is -3.53. The number of carbonyl (C=O) groups excluding carboxylic acids is 1. The Morgan fingerprint density at radius 3 is 2.57 bits per heavy atom. The molecule has 9 heteroatoms. The summed E-state index contributed by atoms with van der Waals surface area (Å²) in [6.07, 6.45) is 1.82. The molecule has 2 aromatic rings. The quantitative estimate of drug-likeness (QED) is 0.627. The molecule has 5 rings (SSSR count). The van der Waals surface area contributed by atoms with Gasteiger partial charge in [0.25, 0.3) is 5.91 Å². The number of aliphatic hydroxyl groups excluding tert-OH is 1. The van der Waals surface area contributed by atoms with Crippen molar-refractivity contribution in [2.24, 2.45) is 0 Å². The monoisotopic (exact) mass is 499 g/mol. The Labute approximate surface area is 207 Å². The van der Waals surface area contributed by atoms with E-state index in [4.69, 9.17) is 4.74 Å². The SMILES string of the molecule is CN(C(=O)[C@@H]1Cc2cc(S(=O)(=O)N3CCCC3)ccc2O1)[C@H](CN1CC[C@H](O)C1)c1ccccc1. The first kappa shape index (κ1) is 24.2. The van der Waals surface area contributed by atoms with Gasteiger partial charge >= 0.3 is 0 Å². The van der Waals surface area contributed by atoms with Gasteiger partial charge in [0.05, 0.1) is 17.0 Å². The lowest BCUT2D eigenvalue weighted by Gasteiger charge is -2.33. The third-order valence-corrected chi connectivity index (χ3v) is 9.26.